The molecule has 0 aliphatic heterocycles. The molecule has 0 unspecified atom stereocenters. The third-order valence-electron chi connectivity index (χ3n) is 2.87. The highest BCUT2D eigenvalue weighted by Crippen LogP contribution is 2.31. The van der Waals surface area contributed by atoms with Crippen molar-refractivity contribution in [2.24, 2.45) is 0 Å². The fourth-order valence-corrected chi connectivity index (χ4v) is 1.88. The molecule has 6 nitrogen and oxygen atoms in total. The first-order valence-electron chi connectivity index (χ1n) is 5.98. The van der Waals surface area contributed by atoms with Crippen molar-refractivity contribution in [1.82, 2.24) is 19.9 Å². The molecule has 0 N–H and O–H groups in total. The number of methoxy groups -OCH3 is 2. The lowest BCUT2D eigenvalue weighted by atomic mass is 10.2. The second-order valence-electron chi connectivity index (χ2n) is 4.03. The average Bonchev–Trinajstić information content (AvgIpc) is 2.53. The summed E-state index contributed by atoms with van der Waals surface area (Å²) in [6.07, 6.45) is 4.87. The molecule has 100 valence electrons. The number of nitrogens with zero attached hydrogens (tertiary/aromatic N) is 4. The maximum absolute atomic E-state index is 5.28. The normalized spacial score (nSPS) is 10.5. The first-order valence-corrected chi connectivity index (χ1v) is 5.98. The molecule has 6 heteroatoms. The van der Waals surface area contributed by atoms with Crippen molar-refractivity contribution in [3.63, 3.8) is 0 Å². The number of benzene rings is 1. The second kappa shape index (κ2) is 5.08. The van der Waals surface area contributed by atoms with Gasteiger partial charge in [-0.25, -0.2) is 19.9 Å². The highest BCUT2D eigenvalue weighted by atomic mass is 16.5. The number of fused-ring (bicyclic) bond motifs is 1. The first kappa shape index (κ1) is 12.3. The van der Waals surface area contributed by atoms with Gasteiger partial charge in [0.1, 0.15) is 5.52 Å². The SMILES string of the molecule is COc1ccc(-c2ncc3nccnc3n2)cc1OC. The van der Waals surface area contributed by atoms with Crippen molar-refractivity contribution in [3.05, 3.63) is 36.8 Å². The van der Waals surface area contributed by atoms with Crippen LogP contribution in [0.1, 0.15) is 0 Å². The Morgan fingerprint density at radius 3 is 2.50 bits per heavy atom. The molecule has 2 heterocycles. The molecular weight excluding hydrogens is 256 g/mol. The summed E-state index contributed by atoms with van der Waals surface area (Å²) in [5.74, 6) is 1.86. The molecule has 3 rings (SSSR count). The standard InChI is InChI=1S/C14H12N4O2/c1-19-11-4-3-9(7-12(11)20-2)13-17-8-10-14(18-13)16-6-5-15-10/h3-8H,1-2H3. The molecule has 0 saturated heterocycles. The van der Waals surface area contributed by atoms with E-state index in [9.17, 15) is 0 Å². The zero-order valence-electron chi connectivity index (χ0n) is 11.1. The van der Waals surface area contributed by atoms with Crippen molar-refractivity contribution in [1.29, 1.82) is 0 Å². The van der Waals surface area contributed by atoms with Crippen LogP contribution in [0.25, 0.3) is 22.6 Å². The Labute approximate surface area is 115 Å². The Hall–Kier alpha value is -2.76. The topological polar surface area (TPSA) is 70.0 Å². The number of hydrogen-bond acceptors (Lipinski definition) is 6. The van der Waals surface area contributed by atoms with Gasteiger partial charge in [-0.05, 0) is 18.2 Å². The van der Waals surface area contributed by atoms with Crippen molar-refractivity contribution in [2.45, 2.75) is 0 Å². The minimum absolute atomic E-state index is 0.562. The molecule has 0 atom stereocenters. The molecule has 2 aromatic heterocycles. The van der Waals surface area contributed by atoms with Crippen LogP contribution in [0, 0.1) is 0 Å². The maximum atomic E-state index is 5.28. The van der Waals surface area contributed by atoms with Crippen LogP contribution < -0.4 is 9.47 Å². The lowest BCUT2D eigenvalue weighted by molar-refractivity contribution is 0.355. The van der Waals surface area contributed by atoms with Gasteiger partial charge in [-0.3, -0.25) is 0 Å². The molecule has 3 aromatic rings. The van der Waals surface area contributed by atoms with Gasteiger partial charge in [0.2, 0.25) is 0 Å². The quantitative estimate of drug-likeness (QED) is 0.724. The van der Waals surface area contributed by atoms with Crippen LogP contribution in [0.3, 0.4) is 0 Å². The van der Waals surface area contributed by atoms with Gasteiger partial charge >= 0.3 is 0 Å². The van der Waals surface area contributed by atoms with Crippen LogP contribution in [0.2, 0.25) is 0 Å². The van der Waals surface area contributed by atoms with Crippen LogP contribution >= 0.6 is 0 Å². The van der Waals surface area contributed by atoms with E-state index in [1.807, 2.05) is 18.2 Å². The second-order valence-corrected chi connectivity index (χ2v) is 4.03. The van der Waals surface area contributed by atoms with E-state index in [0.29, 0.717) is 28.5 Å². The van der Waals surface area contributed by atoms with Crippen LogP contribution in [0.5, 0.6) is 11.5 Å². The lowest BCUT2D eigenvalue weighted by Crippen LogP contribution is -1.95. The molecule has 0 radical (unpaired) electrons. The van der Waals surface area contributed by atoms with E-state index in [1.165, 1.54) is 0 Å². The monoisotopic (exact) mass is 268 g/mol. The summed E-state index contributed by atoms with van der Waals surface area (Å²) in [6.45, 7) is 0. The molecule has 0 spiro atoms. The highest BCUT2D eigenvalue weighted by molar-refractivity contribution is 5.72. The van der Waals surface area contributed by atoms with Crippen LogP contribution in [-0.4, -0.2) is 34.2 Å². The lowest BCUT2D eigenvalue weighted by Gasteiger charge is -2.08. The molecule has 0 saturated carbocycles. The number of ether oxygens (including phenoxy) is 2. The smallest absolute Gasteiger partial charge is 0.181 e. The minimum atomic E-state index is 0.562. The van der Waals surface area contributed by atoms with Crippen LogP contribution in [0.15, 0.2) is 36.8 Å². The van der Waals surface area contributed by atoms with Gasteiger partial charge in [-0.15, -0.1) is 0 Å². The van der Waals surface area contributed by atoms with E-state index in [-0.39, 0.29) is 0 Å². The van der Waals surface area contributed by atoms with Gasteiger partial charge in [-0.1, -0.05) is 0 Å². The van der Waals surface area contributed by atoms with E-state index in [0.717, 1.165) is 5.56 Å². The molecule has 0 aliphatic carbocycles. The van der Waals surface area contributed by atoms with E-state index >= 15 is 0 Å². The van der Waals surface area contributed by atoms with Gasteiger partial charge in [0.15, 0.2) is 23.0 Å². The van der Waals surface area contributed by atoms with Crippen molar-refractivity contribution >= 4 is 11.2 Å². The molecular formula is C14H12N4O2. The summed E-state index contributed by atoms with van der Waals surface area (Å²) in [6, 6.07) is 5.52. The third kappa shape index (κ3) is 2.11. The zero-order chi connectivity index (χ0) is 13.9. The van der Waals surface area contributed by atoms with Crippen LogP contribution in [0.4, 0.5) is 0 Å². The fraction of sp³-hybridized carbons (Fsp3) is 0.143. The van der Waals surface area contributed by atoms with Gasteiger partial charge in [-0.2, -0.15) is 0 Å². The van der Waals surface area contributed by atoms with Gasteiger partial charge in [0, 0.05) is 18.0 Å². The van der Waals surface area contributed by atoms with Gasteiger partial charge in [0.25, 0.3) is 0 Å². The highest BCUT2D eigenvalue weighted by Gasteiger charge is 2.09. The van der Waals surface area contributed by atoms with E-state index in [2.05, 4.69) is 19.9 Å². The Bertz CT molecular complexity index is 761. The number of aromatic nitrogens is 4. The molecule has 20 heavy (non-hydrogen) atoms. The van der Waals surface area contributed by atoms with Crippen molar-refractivity contribution in [2.75, 3.05) is 14.2 Å². The van der Waals surface area contributed by atoms with Crippen molar-refractivity contribution < 1.29 is 9.47 Å². The predicted octanol–water partition coefficient (Wildman–Crippen LogP) is 2.10. The maximum Gasteiger partial charge on any atom is 0.181 e. The number of rotatable bonds is 3. The summed E-state index contributed by atoms with van der Waals surface area (Å²) in [7, 11) is 3.19. The predicted molar refractivity (Wildman–Crippen MR) is 73.7 cm³/mol. The molecule has 0 amide bonds. The van der Waals surface area contributed by atoms with Gasteiger partial charge in [0.05, 0.1) is 20.4 Å². The van der Waals surface area contributed by atoms with E-state index in [1.54, 1.807) is 32.8 Å². The summed E-state index contributed by atoms with van der Waals surface area (Å²) in [5, 5.41) is 0. The molecule has 0 fully saturated rings. The average molecular weight is 268 g/mol. The third-order valence-corrected chi connectivity index (χ3v) is 2.87. The minimum Gasteiger partial charge on any atom is -0.493 e. The Kier molecular flexibility index (Phi) is 3.12. The van der Waals surface area contributed by atoms with Crippen LogP contribution in [-0.2, 0) is 0 Å². The molecule has 0 bridgehead atoms. The fourth-order valence-electron chi connectivity index (χ4n) is 1.88. The summed E-state index contributed by atoms with van der Waals surface area (Å²) in [5.41, 5.74) is 2.05. The summed E-state index contributed by atoms with van der Waals surface area (Å²) < 4.78 is 10.5. The van der Waals surface area contributed by atoms with Gasteiger partial charge < -0.3 is 9.47 Å². The number of hydrogen-bond donors (Lipinski definition) is 0. The van der Waals surface area contributed by atoms with Crippen molar-refractivity contribution in [3.8, 4) is 22.9 Å². The Morgan fingerprint density at radius 2 is 1.70 bits per heavy atom. The van der Waals surface area contributed by atoms with E-state index < -0.39 is 0 Å². The molecule has 0 aliphatic rings. The van der Waals surface area contributed by atoms with E-state index in [4.69, 9.17) is 9.47 Å². The summed E-state index contributed by atoms with van der Waals surface area (Å²) >= 11 is 0. The largest absolute Gasteiger partial charge is 0.493 e. The zero-order valence-corrected chi connectivity index (χ0v) is 11.1. The first-order chi connectivity index (χ1) is 9.81. The Morgan fingerprint density at radius 1 is 0.900 bits per heavy atom. The summed E-state index contributed by atoms with van der Waals surface area (Å²) in [4.78, 5) is 17.0. The Balaban J connectivity index is 2.10. The molecule has 1 aromatic carbocycles.